The summed E-state index contributed by atoms with van der Waals surface area (Å²) >= 11 is 1.75. The maximum absolute atomic E-state index is 12.7. The second-order valence-corrected chi connectivity index (χ2v) is 7.09. The number of fused-ring (bicyclic) bond motifs is 1. The molecule has 2 aliphatic rings. The van der Waals surface area contributed by atoms with Crippen molar-refractivity contribution in [1.29, 1.82) is 0 Å². The second-order valence-electron chi connectivity index (χ2n) is 6.11. The van der Waals surface area contributed by atoms with Gasteiger partial charge in [-0.2, -0.15) is 0 Å². The van der Waals surface area contributed by atoms with Crippen molar-refractivity contribution in [1.82, 2.24) is 10.2 Å². The van der Waals surface area contributed by atoms with Crippen molar-refractivity contribution >= 4 is 17.4 Å². The van der Waals surface area contributed by atoms with Crippen LogP contribution in [0.5, 0.6) is 0 Å². The molecule has 2 atom stereocenters. The molecular weight excluding hydrogens is 292 g/mol. The van der Waals surface area contributed by atoms with Crippen molar-refractivity contribution in [2.75, 3.05) is 6.54 Å². The minimum atomic E-state index is 0.0950. The van der Waals surface area contributed by atoms with Crippen molar-refractivity contribution in [2.24, 2.45) is 0 Å². The van der Waals surface area contributed by atoms with E-state index in [4.69, 9.17) is 0 Å². The zero-order valence-electron chi connectivity index (χ0n) is 12.5. The summed E-state index contributed by atoms with van der Waals surface area (Å²) in [6.45, 7) is 0.864. The summed E-state index contributed by atoms with van der Waals surface area (Å²) in [5, 5.41) is 5.35. The number of carbonyl (C=O) groups is 1. The normalized spacial score (nSPS) is 23.5. The lowest BCUT2D eigenvalue weighted by molar-refractivity contribution is 0.189. The quantitative estimate of drug-likeness (QED) is 0.882. The molecule has 1 aromatic heterocycles. The van der Waals surface area contributed by atoms with Gasteiger partial charge < -0.3 is 10.2 Å². The third kappa shape index (κ3) is 2.41. The standard InChI is InChI=1S/C18H20N2OS/c21-18(19-15-10-9-13-5-1-2-6-14(13)15)20-11-3-7-16(20)17-8-4-12-22-17/h1-2,4-6,8,12,15-16H,3,7,9-11H2,(H,19,21). The van der Waals surface area contributed by atoms with Crippen LogP contribution in [0.2, 0.25) is 0 Å². The number of nitrogens with one attached hydrogen (secondary N) is 1. The Labute approximate surface area is 135 Å². The van der Waals surface area contributed by atoms with Gasteiger partial charge in [-0.25, -0.2) is 4.79 Å². The van der Waals surface area contributed by atoms with Gasteiger partial charge in [0, 0.05) is 11.4 Å². The highest BCUT2D eigenvalue weighted by Crippen LogP contribution is 2.36. The number of thiophene rings is 1. The van der Waals surface area contributed by atoms with Crippen LogP contribution in [0.4, 0.5) is 4.79 Å². The van der Waals surface area contributed by atoms with Crippen molar-refractivity contribution in [2.45, 2.75) is 37.8 Å². The largest absolute Gasteiger partial charge is 0.331 e. The fraction of sp³-hybridized carbons (Fsp3) is 0.389. The number of nitrogens with zero attached hydrogens (tertiary/aromatic N) is 1. The van der Waals surface area contributed by atoms with Crippen molar-refractivity contribution in [3.05, 3.63) is 57.8 Å². The molecule has 0 radical (unpaired) electrons. The average molecular weight is 312 g/mol. The summed E-state index contributed by atoms with van der Waals surface area (Å²) in [4.78, 5) is 16.1. The summed E-state index contributed by atoms with van der Waals surface area (Å²) in [6, 6.07) is 13.2. The van der Waals surface area contributed by atoms with Gasteiger partial charge in [-0.05, 0) is 48.3 Å². The molecule has 0 bridgehead atoms. The minimum Gasteiger partial charge on any atom is -0.331 e. The number of carbonyl (C=O) groups excluding carboxylic acids is 1. The molecule has 22 heavy (non-hydrogen) atoms. The topological polar surface area (TPSA) is 32.3 Å². The van der Waals surface area contributed by atoms with E-state index in [1.807, 2.05) is 4.90 Å². The molecule has 0 saturated carbocycles. The predicted octanol–water partition coefficient (Wildman–Crippen LogP) is 4.28. The highest BCUT2D eigenvalue weighted by molar-refractivity contribution is 7.10. The highest BCUT2D eigenvalue weighted by Gasteiger charge is 2.32. The first kappa shape index (κ1) is 13.8. The molecule has 1 aromatic carbocycles. The molecule has 2 unspecified atom stereocenters. The van der Waals surface area contributed by atoms with Crippen LogP contribution in [0.1, 0.15) is 47.4 Å². The van der Waals surface area contributed by atoms with Gasteiger partial charge in [0.05, 0.1) is 12.1 Å². The third-order valence-electron chi connectivity index (χ3n) is 4.82. The van der Waals surface area contributed by atoms with E-state index in [9.17, 15) is 4.79 Å². The summed E-state index contributed by atoms with van der Waals surface area (Å²) < 4.78 is 0. The lowest BCUT2D eigenvalue weighted by Gasteiger charge is -2.26. The molecule has 1 saturated heterocycles. The Morgan fingerprint density at radius 2 is 2.09 bits per heavy atom. The number of hydrogen-bond donors (Lipinski definition) is 1. The molecule has 1 aliphatic heterocycles. The van der Waals surface area contributed by atoms with Crippen LogP contribution in [0.25, 0.3) is 0 Å². The zero-order chi connectivity index (χ0) is 14.9. The Balaban J connectivity index is 1.49. The van der Waals surface area contributed by atoms with Crippen molar-refractivity contribution in [3.8, 4) is 0 Å². The Bertz CT molecular complexity index is 667. The molecular formula is C18H20N2OS. The highest BCUT2D eigenvalue weighted by atomic mass is 32.1. The first-order valence-corrected chi connectivity index (χ1v) is 8.89. The first-order chi connectivity index (χ1) is 10.8. The van der Waals surface area contributed by atoms with Gasteiger partial charge in [-0.3, -0.25) is 0 Å². The zero-order valence-corrected chi connectivity index (χ0v) is 13.3. The van der Waals surface area contributed by atoms with Crippen LogP contribution in [0.3, 0.4) is 0 Å². The average Bonchev–Trinajstić information content (AvgIpc) is 3.27. The lowest BCUT2D eigenvalue weighted by Crippen LogP contribution is -2.40. The Morgan fingerprint density at radius 1 is 1.18 bits per heavy atom. The molecule has 2 heterocycles. The van der Waals surface area contributed by atoms with Crippen LogP contribution in [-0.2, 0) is 6.42 Å². The van der Waals surface area contributed by atoms with E-state index in [-0.39, 0.29) is 18.1 Å². The van der Waals surface area contributed by atoms with Crippen LogP contribution in [-0.4, -0.2) is 17.5 Å². The minimum absolute atomic E-state index is 0.0950. The Hall–Kier alpha value is -1.81. The third-order valence-corrected chi connectivity index (χ3v) is 5.79. The Kier molecular flexibility index (Phi) is 3.62. The monoisotopic (exact) mass is 312 g/mol. The fourth-order valence-corrected chi connectivity index (χ4v) is 4.60. The number of urea groups is 1. The molecule has 3 nitrogen and oxygen atoms in total. The fourth-order valence-electron chi connectivity index (χ4n) is 3.73. The van der Waals surface area contributed by atoms with E-state index < -0.39 is 0 Å². The van der Waals surface area contributed by atoms with E-state index in [1.54, 1.807) is 11.3 Å². The molecule has 1 fully saturated rings. The summed E-state index contributed by atoms with van der Waals surface area (Å²) in [5.41, 5.74) is 2.67. The van der Waals surface area contributed by atoms with E-state index >= 15 is 0 Å². The SMILES string of the molecule is O=C(NC1CCc2ccccc21)N1CCCC1c1cccs1. The second kappa shape index (κ2) is 5.76. The van der Waals surface area contributed by atoms with Crippen LogP contribution < -0.4 is 5.32 Å². The first-order valence-electron chi connectivity index (χ1n) is 8.01. The molecule has 114 valence electrons. The molecule has 4 heteroatoms. The van der Waals surface area contributed by atoms with E-state index in [1.165, 1.54) is 16.0 Å². The maximum atomic E-state index is 12.7. The summed E-state index contributed by atoms with van der Waals surface area (Å²) in [5.74, 6) is 0. The van der Waals surface area contributed by atoms with E-state index in [0.29, 0.717) is 0 Å². The summed E-state index contributed by atoms with van der Waals surface area (Å²) in [6.07, 6.45) is 4.25. The Morgan fingerprint density at radius 3 is 2.95 bits per heavy atom. The number of aryl methyl sites for hydroxylation is 1. The number of rotatable bonds is 2. The van der Waals surface area contributed by atoms with Gasteiger partial charge >= 0.3 is 6.03 Å². The number of likely N-dealkylation sites (tertiary alicyclic amines) is 1. The van der Waals surface area contributed by atoms with Crippen molar-refractivity contribution < 1.29 is 4.79 Å². The lowest BCUT2D eigenvalue weighted by atomic mass is 10.1. The van der Waals surface area contributed by atoms with E-state index in [2.05, 4.69) is 47.1 Å². The van der Waals surface area contributed by atoms with Gasteiger partial charge in [0.1, 0.15) is 0 Å². The van der Waals surface area contributed by atoms with Crippen LogP contribution in [0, 0.1) is 0 Å². The smallest absolute Gasteiger partial charge is 0.318 e. The van der Waals surface area contributed by atoms with Gasteiger partial charge in [0.15, 0.2) is 0 Å². The maximum Gasteiger partial charge on any atom is 0.318 e. The van der Waals surface area contributed by atoms with Crippen molar-refractivity contribution in [3.63, 3.8) is 0 Å². The van der Waals surface area contributed by atoms with Gasteiger partial charge in [-0.15, -0.1) is 11.3 Å². The number of amides is 2. The number of benzene rings is 1. The van der Waals surface area contributed by atoms with Crippen LogP contribution >= 0.6 is 11.3 Å². The van der Waals surface area contributed by atoms with Gasteiger partial charge in [-0.1, -0.05) is 30.3 Å². The molecule has 1 aliphatic carbocycles. The van der Waals surface area contributed by atoms with Crippen LogP contribution in [0.15, 0.2) is 41.8 Å². The summed E-state index contributed by atoms with van der Waals surface area (Å²) in [7, 11) is 0. The molecule has 1 N–H and O–H groups in total. The van der Waals surface area contributed by atoms with Gasteiger partial charge in [0.2, 0.25) is 0 Å². The molecule has 2 aromatic rings. The molecule has 4 rings (SSSR count). The van der Waals surface area contributed by atoms with E-state index in [0.717, 1.165) is 32.2 Å². The predicted molar refractivity (Wildman–Crippen MR) is 89.0 cm³/mol. The number of hydrogen-bond acceptors (Lipinski definition) is 2. The molecule has 0 spiro atoms. The molecule has 2 amide bonds. The van der Waals surface area contributed by atoms with Gasteiger partial charge in [0.25, 0.3) is 0 Å².